The van der Waals surface area contributed by atoms with Crippen molar-refractivity contribution in [2.24, 2.45) is 0 Å². The highest BCUT2D eigenvalue weighted by Gasteiger charge is 2.21. The fraction of sp³-hybridized carbons (Fsp3) is 0.304. The maximum atomic E-state index is 12.3. The summed E-state index contributed by atoms with van der Waals surface area (Å²) < 4.78 is 21.7. The zero-order valence-electron chi connectivity index (χ0n) is 16.4. The molecule has 0 saturated heterocycles. The third kappa shape index (κ3) is 3.89. The Hall–Kier alpha value is -3.32. The summed E-state index contributed by atoms with van der Waals surface area (Å²) in [6.45, 7) is 0.399. The summed E-state index contributed by atoms with van der Waals surface area (Å²) in [5.41, 5.74) is 3.99. The van der Waals surface area contributed by atoms with Crippen molar-refractivity contribution in [3.63, 3.8) is 0 Å². The SMILES string of the molecule is O=C(COCc1cc(-c2ccc3c(c2)OCO3)on1)N[C@@H]1CCCc2ccccc21. The first-order valence-electron chi connectivity index (χ1n) is 10.1. The van der Waals surface area contributed by atoms with Gasteiger partial charge in [0.2, 0.25) is 12.7 Å². The van der Waals surface area contributed by atoms with Gasteiger partial charge in [0.1, 0.15) is 12.3 Å². The van der Waals surface area contributed by atoms with Crippen LogP contribution in [-0.2, 0) is 22.6 Å². The van der Waals surface area contributed by atoms with Crippen molar-refractivity contribution in [1.82, 2.24) is 10.5 Å². The molecule has 0 fully saturated rings. The summed E-state index contributed by atoms with van der Waals surface area (Å²) >= 11 is 0. The number of amides is 1. The van der Waals surface area contributed by atoms with E-state index in [-0.39, 0.29) is 32.0 Å². The van der Waals surface area contributed by atoms with Gasteiger partial charge in [-0.05, 0) is 48.6 Å². The Labute approximate surface area is 173 Å². The monoisotopic (exact) mass is 406 g/mol. The van der Waals surface area contributed by atoms with E-state index < -0.39 is 0 Å². The van der Waals surface area contributed by atoms with Crippen molar-refractivity contribution in [2.45, 2.75) is 31.9 Å². The standard InChI is InChI=1S/C23H22N2O5/c26-23(24-19-7-3-5-15-4-1-2-6-18(15)19)13-27-12-17-11-21(30-25-17)16-8-9-20-22(10-16)29-14-28-20/h1-2,4,6,8-11,19H,3,5,7,12-14H2,(H,24,26)/t19-/m1/s1. The molecule has 0 bridgehead atoms. The Balaban J connectivity index is 1.14. The van der Waals surface area contributed by atoms with Gasteiger partial charge in [0.05, 0.1) is 12.6 Å². The second-order valence-electron chi connectivity index (χ2n) is 7.45. The lowest BCUT2D eigenvalue weighted by molar-refractivity contribution is -0.127. The summed E-state index contributed by atoms with van der Waals surface area (Å²) in [5.74, 6) is 1.88. The molecule has 1 aliphatic carbocycles. The van der Waals surface area contributed by atoms with Crippen LogP contribution in [0.15, 0.2) is 53.1 Å². The summed E-state index contributed by atoms with van der Waals surface area (Å²) in [7, 11) is 0. The fourth-order valence-electron chi connectivity index (χ4n) is 3.95. The lowest BCUT2D eigenvalue weighted by Crippen LogP contribution is -2.33. The number of carbonyl (C=O) groups excluding carboxylic acids is 1. The largest absolute Gasteiger partial charge is 0.454 e. The van der Waals surface area contributed by atoms with E-state index in [1.165, 1.54) is 11.1 Å². The lowest BCUT2D eigenvalue weighted by Gasteiger charge is -2.26. The molecule has 7 heteroatoms. The van der Waals surface area contributed by atoms with Gasteiger partial charge in [-0.3, -0.25) is 4.79 Å². The molecule has 30 heavy (non-hydrogen) atoms. The van der Waals surface area contributed by atoms with Gasteiger partial charge < -0.3 is 24.1 Å². The second-order valence-corrected chi connectivity index (χ2v) is 7.45. The second kappa shape index (κ2) is 8.20. The first-order chi connectivity index (χ1) is 14.8. The minimum Gasteiger partial charge on any atom is -0.454 e. The van der Waals surface area contributed by atoms with E-state index in [1.54, 1.807) is 6.07 Å². The van der Waals surface area contributed by atoms with Gasteiger partial charge in [-0.25, -0.2) is 0 Å². The van der Waals surface area contributed by atoms with E-state index in [4.69, 9.17) is 18.7 Å². The van der Waals surface area contributed by atoms with E-state index in [0.717, 1.165) is 24.8 Å². The first kappa shape index (κ1) is 18.7. The van der Waals surface area contributed by atoms with Crippen LogP contribution in [0.25, 0.3) is 11.3 Å². The normalized spacial score (nSPS) is 16.9. The number of fused-ring (bicyclic) bond motifs is 2. The number of nitrogens with zero attached hydrogens (tertiary/aromatic N) is 1. The predicted octanol–water partition coefficient (Wildman–Crippen LogP) is 3.78. The minimum absolute atomic E-state index is 0.0229. The van der Waals surface area contributed by atoms with Crippen molar-refractivity contribution in [2.75, 3.05) is 13.4 Å². The Morgan fingerprint density at radius 1 is 1.13 bits per heavy atom. The molecule has 0 spiro atoms. The predicted molar refractivity (Wildman–Crippen MR) is 108 cm³/mol. The quantitative estimate of drug-likeness (QED) is 0.671. The molecule has 0 saturated carbocycles. The molecule has 154 valence electrons. The zero-order chi connectivity index (χ0) is 20.3. The van der Waals surface area contributed by atoms with Crippen molar-refractivity contribution in [3.05, 3.63) is 65.4 Å². The van der Waals surface area contributed by atoms with Crippen molar-refractivity contribution < 1.29 is 23.5 Å². The summed E-state index contributed by atoms with van der Waals surface area (Å²) in [6, 6.07) is 15.7. The van der Waals surface area contributed by atoms with Gasteiger partial charge in [-0.15, -0.1) is 0 Å². The summed E-state index contributed by atoms with van der Waals surface area (Å²) in [5, 5.41) is 7.11. The number of ether oxygens (including phenoxy) is 3. The van der Waals surface area contributed by atoms with Gasteiger partial charge in [-0.1, -0.05) is 29.4 Å². The molecule has 1 atom stereocenters. The van der Waals surface area contributed by atoms with Crippen molar-refractivity contribution in [1.29, 1.82) is 0 Å². The molecule has 0 radical (unpaired) electrons. The number of benzene rings is 2. The molecule has 1 amide bonds. The van der Waals surface area contributed by atoms with Gasteiger partial charge in [0.25, 0.3) is 0 Å². The molecule has 2 aliphatic rings. The topological polar surface area (TPSA) is 82.8 Å². The number of aryl methyl sites for hydroxylation is 1. The van der Waals surface area contributed by atoms with Crippen molar-refractivity contribution in [3.8, 4) is 22.8 Å². The average Bonchev–Trinajstić information content (AvgIpc) is 3.43. The van der Waals surface area contributed by atoms with Crippen LogP contribution in [0.4, 0.5) is 0 Å². The van der Waals surface area contributed by atoms with E-state index in [0.29, 0.717) is 23.0 Å². The van der Waals surface area contributed by atoms with Gasteiger partial charge >= 0.3 is 0 Å². The van der Waals surface area contributed by atoms with E-state index in [1.807, 2.05) is 30.3 Å². The minimum atomic E-state index is -0.129. The zero-order valence-corrected chi connectivity index (χ0v) is 16.4. The van der Waals surface area contributed by atoms with E-state index in [9.17, 15) is 4.79 Å². The number of rotatable bonds is 6. The highest BCUT2D eigenvalue weighted by Crippen LogP contribution is 2.36. The highest BCUT2D eigenvalue weighted by molar-refractivity contribution is 5.77. The maximum absolute atomic E-state index is 12.3. The molecule has 7 nitrogen and oxygen atoms in total. The molecule has 2 heterocycles. The molecular formula is C23H22N2O5. The van der Waals surface area contributed by atoms with E-state index in [2.05, 4.69) is 22.6 Å². The number of hydrogen-bond donors (Lipinski definition) is 1. The molecule has 5 rings (SSSR count). The van der Waals surface area contributed by atoms with Crippen LogP contribution in [0.3, 0.4) is 0 Å². The Bertz CT molecular complexity index is 1060. The molecular weight excluding hydrogens is 384 g/mol. The number of carbonyl (C=O) groups is 1. The van der Waals surface area contributed by atoms with Crippen LogP contribution in [0.5, 0.6) is 11.5 Å². The Kier molecular flexibility index (Phi) is 5.11. The molecule has 1 aliphatic heterocycles. The first-order valence-corrected chi connectivity index (χ1v) is 10.1. The summed E-state index contributed by atoms with van der Waals surface area (Å²) in [6.07, 6.45) is 3.09. The van der Waals surface area contributed by atoms with Crippen molar-refractivity contribution >= 4 is 5.91 Å². The van der Waals surface area contributed by atoms with Crippen LogP contribution in [0.1, 0.15) is 35.7 Å². The molecule has 1 aromatic heterocycles. The van der Waals surface area contributed by atoms with Gasteiger partial charge in [0.15, 0.2) is 17.3 Å². The van der Waals surface area contributed by atoms with Crippen LogP contribution in [0.2, 0.25) is 0 Å². The van der Waals surface area contributed by atoms with Crippen LogP contribution in [0, 0.1) is 0 Å². The molecule has 0 unspecified atom stereocenters. The molecule has 2 aromatic carbocycles. The Morgan fingerprint density at radius 2 is 2.03 bits per heavy atom. The summed E-state index contributed by atoms with van der Waals surface area (Å²) in [4.78, 5) is 12.3. The number of aromatic nitrogens is 1. The number of hydrogen-bond acceptors (Lipinski definition) is 6. The van der Waals surface area contributed by atoms with Crippen LogP contribution in [-0.4, -0.2) is 24.5 Å². The third-order valence-corrected chi connectivity index (χ3v) is 5.40. The lowest BCUT2D eigenvalue weighted by atomic mass is 9.88. The highest BCUT2D eigenvalue weighted by atomic mass is 16.7. The molecule has 3 aromatic rings. The van der Waals surface area contributed by atoms with Gasteiger partial charge in [-0.2, -0.15) is 0 Å². The third-order valence-electron chi connectivity index (χ3n) is 5.40. The van der Waals surface area contributed by atoms with Crippen LogP contribution < -0.4 is 14.8 Å². The smallest absolute Gasteiger partial charge is 0.246 e. The molecule has 1 N–H and O–H groups in total. The fourth-order valence-corrected chi connectivity index (χ4v) is 3.95. The van der Waals surface area contributed by atoms with Crippen LogP contribution >= 0.6 is 0 Å². The van der Waals surface area contributed by atoms with E-state index >= 15 is 0 Å². The average molecular weight is 406 g/mol. The Morgan fingerprint density at radius 3 is 3.00 bits per heavy atom. The number of nitrogens with one attached hydrogen (secondary N) is 1. The van der Waals surface area contributed by atoms with Gasteiger partial charge in [0, 0.05) is 11.6 Å². The maximum Gasteiger partial charge on any atom is 0.246 e.